The lowest BCUT2D eigenvalue weighted by molar-refractivity contribution is -0.124. The number of unbranched alkanes of at least 4 members (excludes halogenated alkanes) is 23. The van der Waals surface area contributed by atoms with Gasteiger partial charge < -0.3 is 26.2 Å². The van der Waals surface area contributed by atoms with E-state index in [-0.39, 0.29) is 19.6 Å². The summed E-state index contributed by atoms with van der Waals surface area (Å²) in [4.78, 5) is 22.7. The quantitative estimate of drug-likeness (QED) is 0.0179. The van der Waals surface area contributed by atoms with E-state index in [1.54, 1.807) is 6.08 Å². The smallest absolute Gasteiger partial charge is 0.393 e. The lowest BCUT2D eigenvalue weighted by Gasteiger charge is -2.24. The molecule has 10 heteroatoms. The van der Waals surface area contributed by atoms with Crippen molar-refractivity contribution < 1.29 is 33.5 Å². The molecule has 9 nitrogen and oxygen atoms in total. The highest BCUT2D eigenvalue weighted by molar-refractivity contribution is 7.47. The van der Waals surface area contributed by atoms with Gasteiger partial charge in [-0.1, -0.05) is 179 Å². The van der Waals surface area contributed by atoms with Gasteiger partial charge in [-0.2, -0.15) is 0 Å². The minimum absolute atomic E-state index is 0.0462. The van der Waals surface area contributed by atoms with E-state index < -0.39 is 38.6 Å². The predicted molar refractivity (Wildman–Crippen MR) is 223 cm³/mol. The first-order chi connectivity index (χ1) is 25.8. The number of carbonyl (C=O) groups excluding carboxylic acids is 1. The zero-order valence-electron chi connectivity index (χ0n) is 34.1. The Kier molecular flexibility index (Phi) is 38.0. The van der Waals surface area contributed by atoms with Crippen LogP contribution in [0.5, 0.6) is 0 Å². The van der Waals surface area contributed by atoms with E-state index in [9.17, 15) is 24.5 Å². The molecule has 0 saturated heterocycles. The molecular formula is C43H83N2O7P. The Balaban J connectivity index is 4.36. The molecule has 4 atom stereocenters. The summed E-state index contributed by atoms with van der Waals surface area (Å²) >= 11 is 0. The van der Waals surface area contributed by atoms with Crippen molar-refractivity contribution in [2.45, 2.75) is 212 Å². The molecule has 1 amide bonds. The molecule has 6 N–H and O–H groups in total. The first kappa shape index (κ1) is 51.7. The summed E-state index contributed by atoms with van der Waals surface area (Å²) in [5.74, 6) is -0.458. The van der Waals surface area contributed by atoms with E-state index in [1.165, 1.54) is 109 Å². The molecule has 312 valence electrons. The highest BCUT2D eigenvalue weighted by atomic mass is 31.2. The van der Waals surface area contributed by atoms with Crippen molar-refractivity contribution in [3.05, 3.63) is 36.5 Å². The van der Waals surface area contributed by atoms with Gasteiger partial charge in [0.15, 0.2) is 0 Å². The number of nitrogens with two attached hydrogens (primary N) is 1. The second kappa shape index (κ2) is 38.9. The maximum atomic E-state index is 12.8. The first-order valence-corrected chi connectivity index (χ1v) is 23.2. The summed E-state index contributed by atoms with van der Waals surface area (Å²) in [7, 11) is -4.40. The minimum atomic E-state index is -4.40. The molecule has 4 unspecified atom stereocenters. The van der Waals surface area contributed by atoms with Gasteiger partial charge in [0.05, 0.1) is 37.9 Å². The van der Waals surface area contributed by atoms with Crippen molar-refractivity contribution in [2.75, 3.05) is 19.8 Å². The summed E-state index contributed by atoms with van der Waals surface area (Å²) in [6.45, 7) is 3.93. The zero-order chi connectivity index (χ0) is 39.1. The molecule has 0 aliphatic rings. The van der Waals surface area contributed by atoms with Crippen LogP contribution in [0.2, 0.25) is 0 Å². The average Bonchev–Trinajstić information content (AvgIpc) is 3.13. The van der Waals surface area contributed by atoms with Crippen molar-refractivity contribution in [2.24, 2.45) is 5.73 Å². The number of allylic oxidation sites excluding steroid dienone is 5. The van der Waals surface area contributed by atoms with Gasteiger partial charge in [0.2, 0.25) is 5.91 Å². The second-order valence-corrected chi connectivity index (χ2v) is 16.2. The van der Waals surface area contributed by atoms with Crippen molar-refractivity contribution in [1.82, 2.24) is 5.32 Å². The van der Waals surface area contributed by atoms with Crippen LogP contribution in [-0.4, -0.2) is 59.0 Å². The number of aliphatic hydroxyl groups excluding tert-OH is 2. The molecule has 0 heterocycles. The molecule has 0 aromatic heterocycles. The van der Waals surface area contributed by atoms with E-state index in [0.29, 0.717) is 6.42 Å². The Morgan fingerprint density at radius 1 is 0.660 bits per heavy atom. The van der Waals surface area contributed by atoms with Crippen LogP contribution in [0, 0.1) is 0 Å². The highest BCUT2D eigenvalue weighted by Gasteiger charge is 2.27. The van der Waals surface area contributed by atoms with Crippen LogP contribution < -0.4 is 11.1 Å². The number of aliphatic hydroxyl groups is 2. The Hall–Kier alpha value is -1.32. The Labute approximate surface area is 325 Å². The van der Waals surface area contributed by atoms with E-state index in [0.717, 1.165) is 57.8 Å². The molecule has 53 heavy (non-hydrogen) atoms. The Morgan fingerprint density at radius 3 is 1.60 bits per heavy atom. The molecule has 0 aliphatic heterocycles. The molecule has 0 saturated carbocycles. The molecular weight excluding hydrogens is 687 g/mol. The largest absolute Gasteiger partial charge is 0.472 e. The maximum absolute atomic E-state index is 12.8. The van der Waals surface area contributed by atoms with Gasteiger partial charge in [-0.3, -0.25) is 13.8 Å². The van der Waals surface area contributed by atoms with Gasteiger partial charge in [-0.15, -0.1) is 0 Å². The second-order valence-electron chi connectivity index (χ2n) is 14.8. The van der Waals surface area contributed by atoms with E-state index in [2.05, 4.69) is 43.5 Å². The molecule has 0 aliphatic carbocycles. The predicted octanol–water partition coefficient (Wildman–Crippen LogP) is 10.9. The Bertz CT molecular complexity index is 946. The Morgan fingerprint density at radius 2 is 1.09 bits per heavy atom. The van der Waals surface area contributed by atoms with Crippen LogP contribution in [0.1, 0.15) is 194 Å². The lowest BCUT2D eigenvalue weighted by atomic mass is 10.0. The van der Waals surface area contributed by atoms with Crippen LogP contribution in [0.3, 0.4) is 0 Å². The topological polar surface area (TPSA) is 151 Å². The molecule has 0 aromatic carbocycles. The fourth-order valence-electron chi connectivity index (χ4n) is 6.22. The normalized spacial score (nSPS) is 15.1. The van der Waals surface area contributed by atoms with Gasteiger partial charge in [-0.25, -0.2) is 4.57 Å². The van der Waals surface area contributed by atoms with Crippen LogP contribution in [0.4, 0.5) is 0 Å². The van der Waals surface area contributed by atoms with Gasteiger partial charge >= 0.3 is 7.82 Å². The standard InChI is InChI=1S/C43H83N2O7P/c1-3-5-7-9-11-13-15-17-18-19-20-21-23-25-27-29-31-33-35-42(47)41(39-52-53(49,50)51-37-36-44)45-43(48)38-40(46)34-32-30-28-26-24-22-16-14-12-10-8-6-4-2/h12,14,16,22,33,35,40-42,46-47H,3-11,13,15,17-21,23-32,34,36-39,44H2,1-2H3,(H,45,48)(H,49,50)/b14-12-,22-16-,35-33+. The van der Waals surface area contributed by atoms with Crippen LogP contribution in [0.15, 0.2) is 36.5 Å². The third kappa shape index (κ3) is 37.4. The van der Waals surface area contributed by atoms with Gasteiger partial charge in [0.25, 0.3) is 0 Å². The summed E-state index contributed by atoms with van der Waals surface area (Å²) in [5.41, 5.74) is 5.36. The fourth-order valence-corrected chi connectivity index (χ4v) is 6.98. The molecule has 0 aromatic rings. The van der Waals surface area contributed by atoms with Gasteiger partial charge in [0.1, 0.15) is 0 Å². The minimum Gasteiger partial charge on any atom is -0.393 e. The van der Waals surface area contributed by atoms with Crippen LogP contribution in [-0.2, 0) is 18.4 Å². The number of phosphoric ester groups is 1. The monoisotopic (exact) mass is 771 g/mol. The average molecular weight is 771 g/mol. The van der Waals surface area contributed by atoms with Crippen molar-refractivity contribution >= 4 is 13.7 Å². The third-order valence-electron chi connectivity index (χ3n) is 9.54. The number of nitrogens with one attached hydrogen (secondary N) is 1. The van der Waals surface area contributed by atoms with Crippen LogP contribution in [0.25, 0.3) is 0 Å². The van der Waals surface area contributed by atoms with E-state index in [4.69, 9.17) is 14.8 Å². The van der Waals surface area contributed by atoms with Crippen molar-refractivity contribution in [3.63, 3.8) is 0 Å². The van der Waals surface area contributed by atoms with Gasteiger partial charge in [-0.05, 0) is 44.9 Å². The van der Waals surface area contributed by atoms with E-state index in [1.807, 2.05) is 6.08 Å². The summed E-state index contributed by atoms with van der Waals surface area (Å²) < 4.78 is 22.1. The lowest BCUT2D eigenvalue weighted by Crippen LogP contribution is -2.46. The molecule has 0 spiro atoms. The van der Waals surface area contributed by atoms with E-state index >= 15 is 0 Å². The number of hydrogen-bond acceptors (Lipinski definition) is 7. The fraction of sp³-hybridized carbons (Fsp3) is 0.837. The summed E-state index contributed by atoms with van der Waals surface area (Å²) in [5, 5.41) is 24.0. The molecule has 0 rings (SSSR count). The van der Waals surface area contributed by atoms with Crippen molar-refractivity contribution in [1.29, 1.82) is 0 Å². The molecule has 0 fully saturated rings. The first-order valence-electron chi connectivity index (χ1n) is 21.7. The molecule has 0 radical (unpaired) electrons. The number of rotatable bonds is 40. The maximum Gasteiger partial charge on any atom is 0.472 e. The summed E-state index contributed by atoms with van der Waals surface area (Å²) in [6, 6.07) is -0.988. The van der Waals surface area contributed by atoms with Gasteiger partial charge in [0, 0.05) is 6.54 Å². The summed E-state index contributed by atoms with van der Waals surface area (Å²) in [6.07, 6.45) is 42.2. The number of carbonyl (C=O) groups is 1. The van der Waals surface area contributed by atoms with Crippen LogP contribution >= 0.6 is 7.82 Å². The number of phosphoric acid groups is 1. The number of hydrogen-bond donors (Lipinski definition) is 5. The van der Waals surface area contributed by atoms with Crippen molar-refractivity contribution in [3.8, 4) is 0 Å². The third-order valence-corrected chi connectivity index (χ3v) is 10.5. The highest BCUT2D eigenvalue weighted by Crippen LogP contribution is 2.43. The molecule has 0 bridgehead atoms. The zero-order valence-corrected chi connectivity index (χ0v) is 35.0. The number of amides is 1. The SMILES string of the molecule is CCCCC/C=C\C=C/CCCCCCC(O)CC(=O)NC(COP(=O)(O)OCCN)C(O)/C=C/CCCCCCCCCCCCCCCCCC.